The number of aromatic nitrogens is 1. The molecular formula is C26H28FN5O4S. The Morgan fingerprint density at radius 1 is 1.16 bits per heavy atom. The van der Waals surface area contributed by atoms with Gasteiger partial charge in [0.25, 0.3) is 11.8 Å². The fraction of sp³-hybridized carbons (Fsp3) is 0.308. The van der Waals surface area contributed by atoms with Crippen molar-refractivity contribution in [2.45, 2.75) is 44.7 Å². The number of anilines is 2. The van der Waals surface area contributed by atoms with Gasteiger partial charge in [0.1, 0.15) is 22.5 Å². The van der Waals surface area contributed by atoms with E-state index in [9.17, 15) is 18.8 Å². The van der Waals surface area contributed by atoms with Gasteiger partial charge in [0.2, 0.25) is 5.91 Å². The Labute approximate surface area is 217 Å². The Bertz CT molecular complexity index is 1290. The van der Waals surface area contributed by atoms with Gasteiger partial charge < -0.3 is 21.5 Å². The number of nitrogen functional groups attached to an aromatic ring is 1. The van der Waals surface area contributed by atoms with Crippen LogP contribution in [0.3, 0.4) is 0 Å². The standard InChI is InChI=1S/C26H28FN5O4S/c1-2-36-19-10-6-5-9-18(19)32(26(35)23-20(28)21(24(29)33)31-37-23)22(15-11-13-16(27)14-12-15)25(34)30-17-7-3-4-8-17/h5-6,9-14,17,22H,2-4,7-8,28H2,1H3,(H2,29,33)(H,30,34)/t22-/m1/s1. The highest BCUT2D eigenvalue weighted by Gasteiger charge is 2.38. The van der Waals surface area contributed by atoms with Gasteiger partial charge in [-0.05, 0) is 61.1 Å². The average molecular weight is 526 g/mol. The number of nitrogens with one attached hydrogen (secondary N) is 1. The van der Waals surface area contributed by atoms with E-state index in [4.69, 9.17) is 16.2 Å². The Morgan fingerprint density at radius 3 is 2.46 bits per heavy atom. The summed E-state index contributed by atoms with van der Waals surface area (Å²) in [7, 11) is 0. The van der Waals surface area contributed by atoms with Crippen LogP contribution in [-0.4, -0.2) is 34.7 Å². The second-order valence-corrected chi connectivity index (χ2v) is 9.43. The molecule has 1 atom stereocenters. The van der Waals surface area contributed by atoms with Gasteiger partial charge in [-0.1, -0.05) is 37.1 Å². The molecule has 1 heterocycles. The van der Waals surface area contributed by atoms with E-state index >= 15 is 0 Å². The molecule has 0 unspecified atom stereocenters. The number of nitrogens with two attached hydrogens (primary N) is 2. The third kappa shape index (κ3) is 5.56. The van der Waals surface area contributed by atoms with Gasteiger partial charge in [-0.15, -0.1) is 0 Å². The van der Waals surface area contributed by atoms with Gasteiger partial charge in [-0.25, -0.2) is 4.39 Å². The van der Waals surface area contributed by atoms with E-state index in [2.05, 4.69) is 9.69 Å². The zero-order valence-corrected chi connectivity index (χ0v) is 21.1. The maximum atomic E-state index is 14.1. The van der Waals surface area contributed by atoms with E-state index in [1.165, 1.54) is 29.2 Å². The zero-order chi connectivity index (χ0) is 26.5. The van der Waals surface area contributed by atoms with Crippen molar-refractivity contribution in [1.29, 1.82) is 0 Å². The fourth-order valence-electron chi connectivity index (χ4n) is 4.45. The monoisotopic (exact) mass is 525 g/mol. The molecule has 9 nitrogen and oxygen atoms in total. The molecule has 0 aliphatic heterocycles. The summed E-state index contributed by atoms with van der Waals surface area (Å²) in [4.78, 5) is 41.0. The number of ether oxygens (including phenoxy) is 1. The summed E-state index contributed by atoms with van der Waals surface area (Å²) < 4.78 is 23.6. The molecule has 1 fully saturated rings. The van der Waals surface area contributed by atoms with E-state index < -0.39 is 29.6 Å². The minimum atomic E-state index is -1.20. The first-order valence-corrected chi connectivity index (χ1v) is 12.7. The summed E-state index contributed by atoms with van der Waals surface area (Å²) in [5, 5.41) is 3.05. The van der Waals surface area contributed by atoms with Crippen LogP contribution in [0, 0.1) is 5.82 Å². The van der Waals surface area contributed by atoms with Crippen LogP contribution in [0.25, 0.3) is 0 Å². The van der Waals surface area contributed by atoms with Gasteiger partial charge in [0, 0.05) is 6.04 Å². The summed E-state index contributed by atoms with van der Waals surface area (Å²) >= 11 is 0.715. The van der Waals surface area contributed by atoms with Gasteiger partial charge >= 0.3 is 0 Å². The molecule has 2 aromatic carbocycles. The van der Waals surface area contributed by atoms with Crippen LogP contribution in [-0.2, 0) is 4.79 Å². The van der Waals surface area contributed by atoms with Crippen molar-refractivity contribution >= 4 is 40.6 Å². The quantitative estimate of drug-likeness (QED) is 0.388. The molecule has 0 spiro atoms. The van der Waals surface area contributed by atoms with Gasteiger partial charge in [-0.2, -0.15) is 4.37 Å². The van der Waals surface area contributed by atoms with E-state index in [1.807, 2.05) is 0 Å². The van der Waals surface area contributed by atoms with Crippen molar-refractivity contribution in [2.75, 3.05) is 17.2 Å². The highest BCUT2D eigenvalue weighted by atomic mass is 32.1. The van der Waals surface area contributed by atoms with Crippen LogP contribution in [0.2, 0.25) is 0 Å². The molecule has 3 aromatic rings. The third-order valence-electron chi connectivity index (χ3n) is 6.19. The Hall–Kier alpha value is -3.99. The second kappa shape index (κ2) is 11.4. The maximum absolute atomic E-state index is 14.1. The van der Waals surface area contributed by atoms with E-state index in [0.29, 0.717) is 35.1 Å². The molecule has 1 aliphatic carbocycles. The van der Waals surface area contributed by atoms with Crippen molar-refractivity contribution in [2.24, 2.45) is 5.73 Å². The lowest BCUT2D eigenvalue weighted by atomic mass is 10.0. The average Bonchev–Trinajstić information content (AvgIpc) is 3.53. The minimum absolute atomic E-state index is 0.0375. The molecule has 11 heteroatoms. The van der Waals surface area contributed by atoms with Crippen LogP contribution in [0.5, 0.6) is 5.75 Å². The number of nitrogens with zero attached hydrogens (tertiary/aromatic N) is 2. The van der Waals surface area contributed by atoms with Gasteiger partial charge in [0.15, 0.2) is 5.69 Å². The molecule has 37 heavy (non-hydrogen) atoms. The molecule has 1 aromatic heterocycles. The number of carbonyl (C=O) groups excluding carboxylic acids is 3. The largest absolute Gasteiger partial charge is 0.492 e. The predicted molar refractivity (Wildman–Crippen MR) is 139 cm³/mol. The number of amides is 3. The molecule has 4 rings (SSSR count). The summed E-state index contributed by atoms with van der Waals surface area (Å²) in [5.74, 6) is -2.11. The summed E-state index contributed by atoms with van der Waals surface area (Å²) in [5.41, 5.74) is 11.8. The number of hydrogen-bond donors (Lipinski definition) is 3. The molecule has 0 bridgehead atoms. The summed E-state index contributed by atoms with van der Waals surface area (Å²) in [6.07, 6.45) is 3.65. The van der Waals surface area contributed by atoms with Crippen LogP contribution in [0.1, 0.15) is 64.4 Å². The SMILES string of the molecule is CCOc1ccccc1N(C(=O)c1snc(C(N)=O)c1N)[C@@H](C(=O)NC1CCCC1)c1ccc(F)cc1. The van der Waals surface area contributed by atoms with E-state index in [-0.39, 0.29) is 22.3 Å². The van der Waals surface area contributed by atoms with Crippen molar-refractivity contribution in [3.05, 3.63) is 70.5 Å². The normalized spacial score (nSPS) is 14.2. The molecule has 194 valence electrons. The predicted octanol–water partition coefficient (Wildman–Crippen LogP) is 3.81. The number of hydrogen-bond acceptors (Lipinski definition) is 7. The lowest BCUT2D eigenvalue weighted by Gasteiger charge is -2.33. The molecule has 0 radical (unpaired) electrons. The summed E-state index contributed by atoms with van der Waals surface area (Å²) in [6, 6.07) is 10.9. The fourth-order valence-corrected chi connectivity index (χ4v) is 5.19. The highest BCUT2D eigenvalue weighted by molar-refractivity contribution is 7.09. The molecule has 5 N–H and O–H groups in total. The first-order chi connectivity index (χ1) is 17.8. The summed E-state index contributed by atoms with van der Waals surface area (Å²) in [6.45, 7) is 2.11. The lowest BCUT2D eigenvalue weighted by Crippen LogP contribution is -2.46. The van der Waals surface area contributed by atoms with Crippen LogP contribution in [0.4, 0.5) is 15.8 Å². The number of primary amides is 1. The molecule has 1 saturated carbocycles. The molecule has 3 amide bonds. The number of benzene rings is 2. The number of carbonyl (C=O) groups is 3. The van der Waals surface area contributed by atoms with E-state index in [0.717, 1.165) is 25.7 Å². The van der Waals surface area contributed by atoms with Gasteiger partial charge in [0.05, 0.1) is 18.0 Å². The molecular weight excluding hydrogens is 497 g/mol. The number of para-hydroxylation sites is 2. The maximum Gasteiger partial charge on any atom is 0.273 e. The Balaban J connectivity index is 1.89. The Morgan fingerprint density at radius 2 is 1.84 bits per heavy atom. The smallest absolute Gasteiger partial charge is 0.273 e. The number of halogens is 1. The van der Waals surface area contributed by atoms with Crippen LogP contribution >= 0.6 is 11.5 Å². The van der Waals surface area contributed by atoms with E-state index in [1.54, 1.807) is 31.2 Å². The molecule has 1 aliphatic rings. The zero-order valence-electron chi connectivity index (χ0n) is 20.3. The van der Waals surface area contributed by atoms with Crippen LogP contribution < -0.4 is 26.4 Å². The van der Waals surface area contributed by atoms with Crippen LogP contribution in [0.15, 0.2) is 48.5 Å². The topological polar surface area (TPSA) is 141 Å². The number of rotatable bonds is 9. The van der Waals surface area contributed by atoms with Crippen molar-refractivity contribution in [3.8, 4) is 5.75 Å². The van der Waals surface area contributed by atoms with Crippen molar-refractivity contribution in [1.82, 2.24) is 9.69 Å². The van der Waals surface area contributed by atoms with Crippen molar-refractivity contribution < 1.29 is 23.5 Å². The second-order valence-electron chi connectivity index (χ2n) is 8.66. The first kappa shape index (κ1) is 26.1. The third-order valence-corrected chi connectivity index (χ3v) is 7.04. The Kier molecular flexibility index (Phi) is 8.02. The van der Waals surface area contributed by atoms with Crippen molar-refractivity contribution in [3.63, 3.8) is 0 Å². The highest BCUT2D eigenvalue weighted by Crippen LogP contribution is 2.38. The molecule has 0 saturated heterocycles. The minimum Gasteiger partial charge on any atom is -0.492 e. The lowest BCUT2D eigenvalue weighted by molar-refractivity contribution is -0.123. The first-order valence-electron chi connectivity index (χ1n) is 12.0. The van der Waals surface area contributed by atoms with Gasteiger partial charge in [-0.3, -0.25) is 19.3 Å².